The summed E-state index contributed by atoms with van der Waals surface area (Å²) < 4.78 is 50.7. The summed E-state index contributed by atoms with van der Waals surface area (Å²) in [5, 5.41) is 3.06. The SMILES string of the molecule is COc1cc(OC)cc([C@@H](N2CCNCC2)C(F)(F)F)c1. The zero-order valence-electron chi connectivity index (χ0n) is 12.0. The molecule has 0 radical (unpaired) electrons. The predicted octanol–water partition coefficient (Wildman–Crippen LogP) is 2.21. The number of nitrogens with zero attached hydrogens (tertiary/aromatic N) is 1. The van der Waals surface area contributed by atoms with Gasteiger partial charge in [-0.1, -0.05) is 0 Å². The fourth-order valence-electron chi connectivity index (χ4n) is 2.53. The van der Waals surface area contributed by atoms with Gasteiger partial charge in [-0.2, -0.15) is 13.2 Å². The number of methoxy groups -OCH3 is 2. The molecule has 1 atom stereocenters. The molecule has 21 heavy (non-hydrogen) atoms. The molecular formula is C14H19F3N2O2. The number of hydrogen-bond donors (Lipinski definition) is 1. The summed E-state index contributed by atoms with van der Waals surface area (Å²) in [6.07, 6.45) is -4.35. The summed E-state index contributed by atoms with van der Waals surface area (Å²) in [7, 11) is 2.85. The van der Waals surface area contributed by atoms with Crippen LogP contribution in [-0.2, 0) is 0 Å². The minimum absolute atomic E-state index is 0.139. The molecule has 0 aromatic heterocycles. The van der Waals surface area contributed by atoms with E-state index in [4.69, 9.17) is 9.47 Å². The number of nitrogens with one attached hydrogen (secondary N) is 1. The maximum atomic E-state index is 13.5. The van der Waals surface area contributed by atoms with Crippen LogP contribution >= 0.6 is 0 Å². The van der Waals surface area contributed by atoms with Crippen molar-refractivity contribution in [1.29, 1.82) is 0 Å². The molecule has 1 fully saturated rings. The van der Waals surface area contributed by atoms with E-state index in [-0.39, 0.29) is 5.56 Å². The Labute approximate surface area is 121 Å². The van der Waals surface area contributed by atoms with E-state index in [1.807, 2.05) is 0 Å². The van der Waals surface area contributed by atoms with Crippen LogP contribution in [0.15, 0.2) is 18.2 Å². The fraction of sp³-hybridized carbons (Fsp3) is 0.571. The van der Waals surface area contributed by atoms with Crippen LogP contribution in [0.2, 0.25) is 0 Å². The molecule has 0 amide bonds. The Hall–Kier alpha value is -1.47. The zero-order chi connectivity index (χ0) is 15.5. The maximum Gasteiger partial charge on any atom is 0.408 e. The van der Waals surface area contributed by atoms with Gasteiger partial charge in [-0.25, -0.2) is 0 Å². The Morgan fingerprint density at radius 1 is 1.05 bits per heavy atom. The van der Waals surface area contributed by atoms with E-state index in [0.717, 1.165) is 0 Å². The van der Waals surface area contributed by atoms with Gasteiger partial charge in [-0.05, 0) is 17.7 Å². The van der Waals surface area contributed by atoms with Crippen molar-refractivity contribution in [2.24, 2.45) is 0 Å². The van der Waals surface area contributed by atoms with Crippen molar-refractivity contribution in [2.45, 2.75) is 12.2 Å². The minimum atomic E-state index is -4.35. The number of alkyl halides is 3. The van der Waals surface area contributed by atoms with Gasteiger partial charge in [-0.3, -0.25) is 4.90 Å². The Morgan fingerprint density at radius 3 is 2.00 bits per heavy atom. The largest absolute Gasteiger partial charge is 0.497 e. The molecule has 1 aromatic carbocycles. The number of halogens is 3. The van der Waals surface area contributed by atoms with Crippen molar-refractivity contribution in [2.75, 3.05) is 40.4 Å². The van der Waals surface area contributed by atoms with Crippen molar-refractivity contribution in [1.82, 2.24) is 10.2 Å². The average molecular weight is 304 g/mol. The second kappa shape index (κ2) is 6.53. The molecule has 0 aliphatic carbocycles. The summed E-state index contributed by atoms with van der Waals surface area (Å²) in [4.78, 5) is 1.44. The Morgan fingerprint density at radius 2 is 1.57 bits per heavy atom. The van der Waals surface area contributed by atoms with Crippen LogP contribution in [0.5, 0.6) is 11.5 Å². The van der Waals surface area contributed by atoms with Gasteiger partial charge in [0.25, 0.3) is 0 Å². The first-order valence-corrected chi connectivity index (χ1v) is 6.70. The topological polar surface area (TPSA) is 33.7 Å². The molecule has 0 bridgehead atoms. The fourth-order valence-corrected chi connectivity index (χ4v) is 2.53. The molecule has 2 rings (SSSR count). The molecule has 1 aliphatic heterocycles. The highest BCUT2D eigenvalue weighted by molar-refractivity contribution is 5.40. The van der Waals surface area contributed by atoms with Crippen molar-refractivity contribution in [3.63, 3.8) is 0 Å². The summed E-state index contributed by atoms with van der Waals surface area (Å²) in [6, 6.07) is 2.75. The molecule has 4 nitrogen and oxygen atoms in total. The molecule has 1 N–H and O–H groups in total. The third-order valence-electron chi connectivity index (χ3n) is 3.52. The smallest absolute Gasteiger partial charge is 0.408 e. The number of rotatable bonds is 4. The van der Waals surface area contributed by atoms with Gasteiger partial charge in [-0.15, -0.1) is 0 Å². The van der Waals surface area contributed by atoms with E-state index in [0.29, 0.717) is 37.7 Å². The highest BCUT2D eigenvalue weighted by Crippen LogP contribution is 2.40. The first-order valence-electron chi connectivity index (χ1n) is 6.70. The summed E-state index contributed by atoms with van der Waals surface area (Å²) in [5.74, 6) is 0.711. The lowest BCUT2D eigenvalue weighted by atomic mass is 10.0. The quantitative estimate of drug-likeness (QED) is 0.925. The molecule has 7 heteroatoms. The van der Waals surface area contributed by atoms with Crippen LogP contribution in [0.4, 0.5) is 13.2 Å². The van der Waals surface area contributed by atoms with E-state index < -0.39 is 12.2 Å². The van der Waals surface area contributed by atoms with Gasteiger partial charge in [0.2, 0.25) is 0 Å². The van der Waals surface area contributed by atoms with Gasteiger partial charge in [0.1, 0.15) is 17.5 Å². The van der Waals surface area contributed by atoms with Crippen LogP contribution in [0, 0.1) is 0 Å². The van der Waals surface area contributed by atoms with Crippen LogP contribution in [0.3, 0.4) is 0 Å². The molecule has 0 spiro atoms. The van der Waals surface area contributed by atoms with Crippen molar-refractivity contribution >= 4 is 0 Å². The standard InChI is InChI=1S/C14H19F3N2O2/c1-20-11-7-10(8-12(9-11)21-2)13(14(15,16)17)19-5-3-18-4-6-19/h7-9,13,18H,3-6H2,1-2H3/t13-/m1/s1. The normalized spacial score (nSPS) is 18.3. The van der Waals surface area contributed by atoms with Crippen LogP contribution < -0.4 is 14.8 Å². The van der Waals surface area contributed by atoms with E-state index >= 15 is 0 Å². The van der Waals surface area contributed by atoms with Gasteiger partial charge >= 0.3 is 6.18 Å². The number of ether oxygens (including phenoxy) is 2. The maximum absolute atomic E-state index is 13.5. The average Bonchev–Trinajstić information content (AvgIpc) is 2.46. The third-order valence-corrected chi connectivity index (χ3v) is 3.52. The van der Waals surface area contributed by atoms with E-state index in [1.54, 1.807) is 6.07 Å². The first kappa shape index (κ1) is 15.9. The van der Waals surface area contributed by atoms with Crippen molar-refractivity contribution in [3.8, 4) is 11.5 Å². The van der Waals surface area contributed by atoms with Crippen molar-refractivity contribution in [3.05, 3.63) is 23.8 Å². The first-order chi connectivity index (χ1) is 9.95. The summed E-state index contributed by atoms with van der Waals surface area (Å²) >= 11 is 0. The third kappa shape index (κ3) is 3.79. The molecular weight excluding hydrogens is 285 g/mol. The second-order valence-electron chi connectivity index (χ2n) is 4.88. The Kier molecular flexibility index (Phi) is 4.95. The van der Waals surface area contributed by atoms with Gasteiger partial charge in [0, 0.05) is 32.2 Å². The lowest BCUT2D eigenvalue weighted by Gasteiger charge is -2.36. The van der Waals surface area contributed by atoms with E-state index in [1.165, 1.54) is 31.3 Å². The summed E-state index contributed by atoms with van der Waals surface area (Å²) in [6.45, 7) is 1.80. The van der Waals surface area contributed by atoms with Crippen LogP contribution in [0.25, 0.3) is 0 Å². The van der Waals surface area contributed by atoms with Gasteiger partial charge < -0.3 is 14.8 Å². The van der Waals surface area contributed by atoms with Crippen LogP contribution in [0.1, 0.15) is 11.6 Å². The number of piperazine rings is 1. The number of hydrogen-bond acceptors (Lipinski definition) is 4. The van der Waals surface area contributed by atoms with Crippen molar-refractivity contribution < 1.29 is 22.6 Å². The molecule has 1 heterocycles. The second-order valence-corrected chi connectivity index (χ2v) is 4.88. The zero-order valence-corrected chi connectivity index (χ0v) is 12.0. The van der Waals surface area contributed by atoms with E-state index in [9.17, 15) is 13.2 Å². The summed E-state index contributed by atoms with van der Waals surface area (Å²) in [5.41, 5.74) is 0.139. The lowest BCUT2D eigenvalue weighted by molar-refractivity contribution is -0.187. The Bertz CT molecular complexity index is 452. The van der Waals surface area contributed by atoms with Gasteiger partial charge in [0.15, 0.2) is 0 Å². The molecule has 0 unspecified atom stereocenters. The highest BCUT2D eigenvalue weighted by atomic mass is 19.4. The molecule has 1 aromatic rings. The molecule has 0 saturated carbocycles. The molecule has 118 valence electrons. The van der Waals surface area contributed by atoms with Crippen LogP contribution in [-0.4, -0.2) is 51.5 Å². The van der Waals surface area contributed by atoms with E-state index in [2.05, 4.69) is 5.32 Å². The molecule has 1 aliphatic rings. The Balaban J connectivity index is 2.40. The number of benzene rings is 1. The highest BCUT2D eigenvalue weighted by Gasteiger charge is 2.45. The molecule has 1 saturated heterocycles. The monoisotopic (exact) mass is 304 g/mol. The predicted molar refractivity (Wildman–Crippen MR) is 72.8 cm³/mol. The van der Waals surface area contributed by atoms with Gasteiger partial charge in [0.05, 0.1) is 14.2 Å². The minimum Gasteiger partial charge on any atom is -0.497 e. The lowest BCUT2D eigenvalue weighted by Crippen LogP contribution is -2.49.